The standard InChI is InChI=1S/C20H30N2O4/c1-3-12(2)20(25)26-15-6-7-21-10-13-8-14(17(21)9-15)11-22-16(13)4-5-18(23)19(22)24/h3,13-18,23H,4-11H2,1-2H3. The lowest BCUT2D eigenvalue weighted by atomic mass is 9.70. The van der Waals surface area contributed by atoms with E-state index in [2.05, 4.69) is 4.90 Å². The number of hydrogen-bond acceptors (Lipinski definition) is 5. The lowest BCUT2D eigenvalue weighted by Gasteiger charge is -2.57. The normalized spacial score (nSPS) is 40.7. The third-order valence-electron chi connectivity index (χ3n) is 7.04. The van der Waals surface area contributed by atoms with Crippen LogP contribution in [0.3, 0.4) is 0 Å². The number of ether oxygens (including phenoxy) is 1. The predicted octanol–water partition coefficient (Wildman–Crippen LogP) is 1.33. The molecule has 0 saturated carbocycles. The number of nitrogens with zero attached hydrogens (tertiary/aromatic N) is 2. The molecular formula is C20H30N2O4. The van der Waals surface area contributed by atoms with Crippen LogP contribution in [0.2, 0.25) is 0 Å². The molecule has 0 aliphatic carbocycles. The van der Waals surface area contributed by atoms with Crippen molar-refractivity contribution in [3.63, 3.8) is 0 Å². The van der Waals surface area contributed by atoms with Crippen molar-refractivity contribution in [3.05, 3.63) is 11.6 Å². The van der Waals surface area contributed by atoms with Crippen LogP contribution < -0.4 is 0 Å². The summed E-state index contributed by atoms with van der Waals surface area (Å²) in [6.07, 6.45) is 5.37. The SMILES string of the molecule is CC=C(C)C(=O)OC1CCN2CC3CC(CN4C(=O)C(O)CCC34)C2C1. The van der Waals surface area contributed by atoms with Crippen LogP contribution in [-0.4, -0.2) is 70.7 Å². The van der Waals surface area contributed by atoms with Crippen molar-refractivity contribution >= 4 is 11.9 Å². The summed E-state index contributed by atoms with van der Waals surface area (Å²) < 4.78 is 5.72. The Labute approximate surface area is 155 Å². The van der Waals surface area contributed by atoms with Gasteiger partial charge in [-0.05, 0) is 51.4 Å². The molecular weight excluding hydrogens is 332 g/mol. The van der Waals surface area contributed by atoms with Gasteiger partial charge in [-0.15, -0.1) is 0 Å². The van der Waals surface area contributed by atoms with Crippen LogP contribution in [0.1, 0.15) is 46.0 Å². The van der Waals surface area contributed by atoms with Crippen molar-refractivity contribution in [3.8, 4) is 0 Å². The number of aliphatic hydroxyl groups is 1. The molecule has 4 saturated heterocycles. The molecule has 0 spiro atoms. The molecule has 4 aliphatic heterocycles. The number of fused-ring (bicyclic) bond motifs is 6. The maximum atomic E-state index is 12.5. The highest BCUT2D eigenvalue weighted by molar-refractivity contribution is 5.87. The molecule has 6 atom stereocenters. The van der Waals surface area contributed by atoms with Crippen molar-refractivity contribution in [2.75, 3.05) is 19.6 Å². The second kappa shape index (κ2) is 6.97. The van der Waals surface area contributed by atoms with Crippen molar-refractivity contribution in [1.29, 1.82) is 0 Å². The molecule has 6 nitrogen and oxygen atoms in total. The van der Waals surface area contributed by atoms with Gasteiger partial charge in [-0.2, -0.15) is 0 Å². The molecule has 0 aromatic heterocycles. The van der Waals surface area contributed by atoms with Crippen molar-refractivity contribution in [1.82, 2.24) is 9.80 Å². The molecule has 4 aliphatic rings. The molecule has 4 rings (SSSR count). The van der Waals surface area contributed by atoms with Gasteiger partial charge in [0.1, 0.15) is 12.2 Å². The van der Waals surface area contributed by atoms with Gasteiger partial charge in [0.2, 0.25) is 0 Å². The Hall–Kier alpha value is -1.40. The number of hydrogen-bond donors (Lipinski definition) is 1. The minimum Gasteiger partial charge on any atom is -0.459 e. The predicted molar refractivity (Wildman–Crippen MR) is 96.2 cm³/mol. The highest BCUT2D eigenvalue weighted by Crippen LogP contribution is 2.43. The molecule has 26 heavy (non-hydrogen) atoms. The van der Waals surface area contributed by atoms with E-state index in [-0.39, 0.29) is 18.0 Å². The van der Waals surface area contributed by atoms with Gasteiger partial charge < -0.3 is 14.7 Å². The van der Waals surface area contributed by atoms with Gasteiger partial charge in [0, 0.05) is 43.7 Å². The average molecular weight is 362 g/mol. The van der Waals surface area contributed by atoms with Crippen LogP contribution in [0.15, 0.2) is 11.6 Å². The van der Waals surface area contributed by atoms with Gasteiger partial charge in [0.05, 0.1) is 0 Å². The van der Waals surface area contributed by atoms with Gasteiger partial charge in [-0.25, -0.2) is 4.79 Å². The summed E-state index contributed by atoms with van der Waals surface area (Å²) in [5.74, 6) is 0.652. The lowest BCUT2D eigenvalue weighted by molar-refractivity contribution is -0.164. The third kappa shape index (κ3) is 3.07. The fourth-order valence-corrected chi connectivity index (χ4v) is 5.53. The molecule has 1 N–H and O–H groups in total. The zero-order chi connectivity index (χ0) is 18.4. The zero-order valence-corrected chi connectivity index (χ0v) is 15.8. The van der Waals surface area contributed by atoms with E-state index < -0.39 is 6.10 Å². The Kier molecular flexibility index (Phi) is 4.82. The third-order valence-corrected chi connectivity index (χ3v) is 7.04. The van der Waals surface area contributed by atoms with Crippen LogP contribution in [-0.2, 0) is 14.3 Å². The Morgan fingerprint density at radius 2 is 1.92 bits per heavy atom. The fraction of sp³-hybridized carbons (Fsp3) is 0.800. The number of aliphatic hydroxyl groups excluding tert-OH is 1. The summed E-state index contributed by atoms with van der Waals surface area (Å²) >= 11 is 0. The van der Waals surface area contributed by atoms with Crippen LogP contribution in [0.25, 0.3) is 0 Å². The largest absolute Gasteiger partial charge is 0.459 e. The van der Waals surface area contributed by atoms with E-state index in [1.54, 1.807) is 13.0 Å². The molecule has 0 aromatic rings. The van der Waals surface area contributed by atoms with E-state index in [4.69, 9.17) is 4.74 Å². The second-order valence-corrected chi connectivity index (χ2v) is 8.49. The molecule has 4 fully saturated rings. The molecule has 144 valence electrons. The first-order valence-corrected chi connectivity index (χ1v) is 10.0. The van der Waals surface area contributed by atoms with E-state index in [1.807, 2.05) is 11.8 Å². The summed E-state index contributed by atoms with van der Waals surface area (Å²) in [6.45, 7) is 6.38. The highest BCUT2D eigenvalue weighted by atomic mass is 16.5. The summed E-state index contributed by atoms with van der Waals surface area (Å²) in [6, 6.07) is 0.674. The molecule has 0 aromatic carbocycles. The smallest absolute Gasteiger partial charge is 0.333 e. The molecule has 0 radical (unpaired) electrons. The molecule has 6 heteroatoms. The maximum Gasteiger partial charge on any atom is 0.333 e. The van der Waals surface area contributed by atoms with Crippen molar-refractivity contribution in [2.24, 2.45) is 11.8 Å². The second-order valence-electron chi connectivity index (χ2n) is 8.49. The Balaban J connectivity index is 1.45. The first-order valence-electron chi connectivity index (χ1n) is 10.0. The van der Waals surface area contributed by atoms with Crippen molar-refractivity contribution in [2.45, 2.75) is 70.2 Å². The quantitative estimate of drug-likeness (QED) is 0.593. The zero-order valence-electron chi connectivity index (χ0n) is 15.8. The van der Waals surface area contributed by atoms with E-state index in [9.17, 15) is 14.7 Å². The monoisotopic (exact) mass is 362 g/mol. The van der Waals surface area contributed by atoms with Crippen LogP contribution in [0.4, 0.5) is 0 Å². The summed E-state index contributed by atoms with van der Waals surface area (Å²) in [7, 11) is 0. The number of amides is 1. The van der Waals surface area contributed by atoms with E-state index in [1.165, 1.54) is 0 Å². The lowest BCUT2D eigenvalue weighted by Crippen LogP contribution is -2.66. The number of carbonyl (C=O) groups excluding carboxylic acids is 2. The van der Waals surface area contributed by atoms with Gasteiger partial charge in [-0.3, -0.25) is 9.69 Å². The number of allylic oxidation sites excluding steroid dienone is 1. The van der Waals surface area contributed by atoms with Gasteiger partial charge >= 0.3 is 5.97 Å². The van der Waals surface area contributed by atoms with Crippen LogP contribution >= 0.6 is 0 Å². The fourth-order valence-electron chi connectivity index (χ4n) is 5.53. The average Bonchev–Trinajstić information content (AvgIpc) is 2.65. The van der Waals surface area contributed by atoms with E-state index in [0.717, 1.165) is 45.3 Å². The first-order chi connectivity index (χ1) is 12.5. The Morgan fingerprint density at radius 1 is 1.15 bits per heavy atom. The molecule has 1 amide bonds. The van der Waals surface area contributed by atoms with Crippen LogP contribution in [0.5, 0.6) is 0 Å². The van der Waals surface area contributed by atoms with Crippen LogP contribution in [0, 0.1) is 11.8 Å². The highest BCUT2D eigenvalue weighted by Gasteiger charge is 2.50. The summed E-state index contributed by atoms with van der Waals surface area (Å²) in [5.41, 5.74) is 0.657. The number of piperidine rings is 4. The molecule has 6 unspecified atom stereocenters. The molecule has 4 heterocycles. The Morgan fingerprint density at radius 3 is 2.69 bits per heavy atom. The van der Waals surface area contributed by atoms with E-state index in [0.29, 0.717) is 35.9 Å². The number of rotatable bonds is 2. The number of esters is 1. The van der Waals surface area contributed by atoms with Gasteiger partial charge in [0.15, 0.2) is 0 Å². The number of carbonyl (C=O) groups is 2. The Bertz CT molecular complexity index is 619. The molecule has 2 bridgehead atoms. The van der Waals surface area contributed by atoms with Gasteiger partial charge in [-0.1, -0.05) is 6.08 Å². The van der Waals surface area contributed by atoms with Crippen molar-refractivity contribution < 1.29 is 19.4 Å². The summed E-state index contributed by atoms with van der Waals surface area (Å²) in [5, 5.41) is 9.96. The summed E-state index contributed by atoms with van der Waals surface area (Å²) in [4.78, 5) is 29.1. The minimum atomic E-state index is -0.815. The van der Waals surface area contributed by atoms with Gasteiger partial charge in [0.25, 0.3) is 5.91 Å². The maximum absolute atomic E-state index is 12.5. The first kappa shape index (κ1) is 18.0. The minimum absolute atomic E-state index is 0.0319. The van der Waals surface area contributed by atoms with E-state index >= 15 is 0 Å². The topological polar surface area (TPSA) is 70.1 Å².